The summed E-state index contributed by atoms with van der Waals surface area (Å²) in [5.74, 6) is 0. The van der Waals surface area contributed by atoms with Crippen molar-refractivity contribution in [3.8, 4) is 0 Å². The highest BCUT2D eigenvalue weighted by molar-refractivity contribution is 5.72. The molecule has 1 aliphatic rings. The lowest BCUT2D eigenvalue weighted by Gasteiger charge is -2.21. The lowest BCUT2D eigenvalue weighted by Crippen LogP contribution is -2.35. The van der Waals surface area contributed by atoms with Crippen LogP contribution in [0.25, 0.3) is 0 Å². The third kappa shape index (κ3) is 3.00. The smallest absolute Gasteiger partial charge is 0.408 e. The maximum absolute atomic E-state index is 11.8. The fourth-order valence-corrected chi connectivity index (χ4v) is 2.25. The van der Waals surface area contributed by atoms with Gasteiger partial charge in [0, 0.05) is 12.2 Å². The molecular formula is C15H22N2O2. The van der Waals surface area contributed by atoms with E-state index in [0.29, 0.717) is 6.54 Å². The molecule has 0 radical (unpaired) electrons. The van der Waals surface area contributed by atoms with E-state index in [4.69, 9.17) is 4.74 Å². The van der Waals surface area contributed by atoms with Gasteiger partial charge in [-0.05, 0) is 51.3 Å². The summed E-state index contributed by atoms with van der Waals surface area (Å²) < 4.78 is 5.29. The predicted octanol–water partition coefficient (Wildman–Crippen LogP) is 3.29. The van der Waals surface area contributed by atoms with Gasteiger partial charge in [0.15, 0.2) is 0 Å². The molecule has 2 rings (SSSR count). The van der Waals surface area contributed by atoms with Crippen LogP contribution >= 0.6 is 0 Å². The van der Waals surface area contributed by atoms with E-state index in [-0.39, 0.29) is 12.1 Å². The van der Waals surface area contributed by atoms with Crippen molar-refractivity contribution in [2.45, 2.75) is 46.3 Å². The van der Waals surface area contributed by atoms with Crippen molar-refractivity contribution in [3.63, 3.8) is 0 Å². The molecule has 1 unspecified atom stereocenters. The van der Waals surface area contributed by atoms with Gasteiger partial charge in [-0.1, -0.05) is 12.1 Å². The van der Waals surface area contributed by atoms with Gasteiger partial charge in [0.2, 0.25) is 0 Å². The molecule has 0 aliphatic carbocycles. The molecule has 19 heavy (non-hydrogen) atoms. The Labute approximate surface area is 114 Å². The number of alkyl carbamates (subject to hydrolysis) is 1. The maximum atomic E-state index is 11.8. The minimum Gasteiger partial charge on any atom is -0.444 e. The Morgan fingerprint density at radius 3 is 2.68 bits per heavy atom. The number of anilines is 1. The van der Waals surface area contributed by atoms with Crippen molar-refractivity contribution < 1.29 is 9.53 Å². The lowest BCUT2D eigenvalue weighted by atomic mass is 10.0. The Balaban J connectivity index is 2.11. The summed E-state index contributed by atoms with van der Waals surface area (Å²) in [5, 5.41) is 6.27. The minimum absolute atomic E-state index is 0.0239. The Morgan fingerprint density at radius 1 is 1.37 bits per heavy atom. The first-order valence-corrected chi connectivity index (χ1v) is 6.61. The topological polar surface area (TPSA) is 50.4 Å². The van der Waals surface area contributed by atoms with Crippen LogP contribution in [0.4, 0.5) is 10.5 Å². The number of benzene rings is 1. The largest absolute Gasteiger partial charge is 0.444 e. The Morgan fingerprint density at radius 2 is 2.05 bits per heavy atom. The van der Waals surface area contributed by atoms with Gasteiger partial charge in [0.1, 0.15) is 5.60 Å². The van der Waals surface area contributed by atoms with Crippen LogP contribution in [0.3, 0.4) is 0 Å². The molecular weight excluding hydrogens is 240 g/mol. The number of amides is 1. The summed E-state index contributed by atoms with van der Waals surface area (Å²) in [6.07, 6.45) is -0.370. The van der Waals surface area contributed by atoms with E-state index in [1.807, 2.05) is 20.8 Å². The minimum atomic E-state index is -0.470. The zero-order valence-electron chi connectivity index (χ0n) is 12.3. The third-order valence-electron chi connectivity index (χ3n) is 3.32. The van der Waals surface area contributed by atoms with Crippen molar-refractivity contribution in [1.82, 2.24) is 5.32 Å². The van der Waals surface area contributed by atoms with E-state index >= 15 is 0 Å². The van der Waals surface area contributed by atoms with Gasteiger partial charge in [-0.25, -0.2) is 4.79 Å². The number of nitrogens with one attached hydrogen (secondary N) is 2. The van der Waals surface area contributed by atoms with Crippen molar-refractivity contribution in [2.75, 3.05) is 11.9 Å². The fraction of sp³-hybridized carbons (Fsp3) is 0.533. The monoisotopic (exact) mass is 262 g/mol. The van der Waals surface area contributed by atoms with E-state index in [1.54, 1.807) is 0 Å². The molecule has 0 aromatic heterocycles. The van der Waals surface area contributed by atoms with Crippen molar-refractivity contribution in [1.29, 1.82) is 0 Å². The molecule has 1 aromatic carbocycles. The van der Waals surface area contributed by atoms with E-state index in [2.05, 4.69) is 36.6 Å². The summed E-state index contributed by atoms with van der Waals surface area (Å²) in [4.78, 5) is 11.8. The van der Waals surface area contributed by atoms with E-state index in [9.17, 15) is 4.79 Å². The van der Waals surface area contributed by atoms with Crippen LogP contribution in [0.5, 0.6) is 0 Å². The number of rotatable bonds is 1. The highest BCUT2D eigenvalue weighted by Gasteiger charge is 2.27. The van der Waals surface area contributed by atoms with Gasteiger partial charge in [0.05, 0.1) is 6.04 Å². The summed E-state index contributed by atoms with van der Waals surface area (Å²) in [5.41, 5.74) is 4.30. The molecule has 4 nitrogen and oxygen atoms in total. The summed E-state index contributed by atoms with van der Waals surface area (Å²) >= 11 is 0. The van der Waals surface area contributed by atoms with Gasteiger partial charge in [-0.3, -0.25) is 0 Å². The van der Waals surface area contributed by atoms with Crippen LogP contribution in [0.2, 0.25) is 0 Å². The summed E-state index contributed by atoms with van der Waals surface area (Å²) in [6, 6.07) is 4.13. The molecule has 0 saturated carbocycles. The number of hydrogen-bond donors (Lipinski definition) is 2. The standard InChI is InChI=1S/C15H22N2O2/c1-9-6-7-11-12(8-16-13(11)10(9)2)17-14(18)19-15(3,4)5/h6-7,12,16H,8H2,1-5H3,(H,17,18). The molecule has 1 aliphatic heterocycles. The summed E-state index contributed by atoms with van der Waals surface area (Å²) in [7, 11) is 0. The Bertz CT molecular complexity index is 504. The van der Waals surface area contributed by atoms with Crippen LogP contribution in [-0.4, -0.2) is 18.2 Å². The number of carbonyl (C=O) groups excluding carboxylic acids is 1. The van der Waals surface area contributed by atoms with Crippen molar-refractivity contribution >= 4 is 11.8 Å². The van der Waals surface area contributed by atoms with Gasteiger partial charge in [-0.15, -0.1) is 0 Å². The highest BCUT2D eigenvalue weighted by atomic mass is 16.6. The second kappa shape index (κ2) is 4.76. The second-order valence-electron chi connectivity index (χ2n) is 6.05. The summed E-state index contributed by atoms with van der Waals surface area (Å²) in [6.45, 7) is 10.5. The number of carbonyl (C=O) groups is 1. The average Bonchev–Trinajstić information content (AvgIpc) is 2.65. The molecule has 0 bridgehead atoms. The molecule has 0 spiro atoms. The van der Waals surface area contributed by atoms with Crippen LogP contribution in [0, 0.1) is 13.8 Å². The number of fused-ring (bicyclic) bond motifs is 1. The molecule has 104 valence electrons. The first-order valence-electron chi connectivity index (χ1n) is 6.61. The Hall–Kier alpha value is -1.71. The van der Waals surface area contributed by atoms with Crippen LogP contribution in [0.1, 0.15) is 43.5 Å². The average molecular weight is 262 g/mol. The lowest BCUT2D eigenvalue weighted by molar-refractivity contribution is 0.0508. The molecule has 0 saturated heterocycles. The second-order valence-corrected chi connectivity index (χ2v) is 6.05. The number of aryl methyl sites for hydroxylation is 1. The Kier molecular flexibility index (Phi) is 3.43. The van der Waals surface area contributed by atoms with Gasteiger partial charge in [-0.2, -0.15) is 0 Å². The highest BCUT2D eigenvalue weighted by Crippen LogP contribution is 2.34. The number of ether oxygens (including phenoxy) is 1. The quantitative estimate of drug-likeness (QED) is 0.816. The maximum Gasteiger partial charge on any atom is 0.408 e. The van der Waals surface area contributed by atoms with Crippen molar-refractivity contribution in [2.24, 2.45) is 0 Å². The molecule has 1 heterocycles. The fourth-order valence-electron chi connectivity index (χ4n) is 2.25. The molecule has 0 fully saturated rings. The zero-order chi connectivity index (χ0) is 14.2. The van der Waals surface area contributed by atoms with Crippen LogP contribution in [0.15, 0.2) is 12.1 Å². The molecule has 1 aromatic rings. The molecule has 2 N–H and O–H groups in total. The first kappa shape index (κ1) is 13.7. The van der Waals surface area contributed by atoms with Crippen molar-refractivity contribution in [3.05, 3.63) is 28.8 Å². The van der Waals surface area contributed by atoms with Gasteiger partial charge < -0.3 is 15.4 Å². The van der Waals surface area contributed by atoms with Crippen LogP contribution in [-0.2, 0) is 4.74 Å². The van der Waals surface area contributed by atoms with E-state index in [0.717, 1.165) is 11.3 Å². The van der Waals surface area contributed by atoms with Gasteiger partial charge >= 0.3 is 6.09 Å². The zero-order valence-corrected chi connectivity index (χ0v) is 12.3. The third-order valence-corrected chi connectivity index (χ3v) is 3.32. The SMILES string of the molecule is Cc1ccc2c(c1C)NCC2NC(=O)OC(C)(C)C. The molecule has 1 amide bonds. The van der Waals surface area contributed by atoms with Gasteiger partial charge in [0.25, 0.3) is 0 Å². The first-order chi connectivity index (χ1) is 8.78. The van der Waals surface area contributed by atoms with E-state index < -0.39 is 5.60 Å². The number of hydrogen-bond acceptors (Lipinski definition) is 3. The normalized spacial score (nSPS) is 17.6. The van der Waals surface area contributed by atoms with Crippen LogP contribution < -0.4 is 10.6 Å². The van der Waals surface area contributed by atoms with E-state index in [1.165, 1.54) is 11.1 Å². The molecule has 1 atom stereocenters. The molecule has 4 heteroatoms. The predicted molar refractivity (Wildman–Crippen MR) is 76.5 cm³/mol.